The van der Waals surface area contributed by atoms with Crippen molar-refractivity contribution in [2.75, 3.05) is 32.1 Å². The Morgan fingerprint density at radius 3 is 2.74 bits per heavy atom. The molecule has 0 radical (unpaired) electrons. The highest BCUT2D eigenvalue weighted by Crippen LogP contribution is 2.30. The molecule has 19 heavy (non-hydrogen) atoms. The molecule has 1 saturated heterocycles. The van der Waals surface area contributed by atoms with Crippen molar-refractivity contribution in [2.45, 2.75) is 31.8 Å². The van der Waals surface area contributed by atoms with Crippen LogP contribution in [0.3, 0.4) is 0 Å². The second kappa shape index (κ2) is 6.12. The number of hydrogen-bond donors (Lipinski definition) is 1. The summed E-state index contributed by atoms with van der Waals surface area (Å²) < 4.78 is 0. The summed E-state index contributed by atoms with van der Waals surface area (Å²) >= 11 is 6.42. The Morgan fingerprint density at radius 1 is 1.47 bits per heavy atom. The first-order chi connectivity index (χ1) is 8.97. The second-order valence-electron chi connectivity index (χ2n) is 5.82. The molecule has 0 amide bonds. The molecular formula is C15H24ClN3. The number of nitrogens with two attached hydrogens (primary N) is 1. The summed E-state index contributed by atoms with van der Waals surface area (Å²) in [7, 11) is 4.28. The Labute approximate surface area is 121 Å². The van der Waals surface area contributed by atoms with Gasteiger partial charge in [0, 0.05) is 25.2 Å². The summed E-state index contributed by atoms with van der Waals surface area (Å²) in [5.74, 6) is 0. The van der Waals surface area contributed by atoms with Crippen molar-refractivity contribution < 1.29 is 0 Å². The fourth-order valence-corrected chi connectivity index (χ4v) is 3.01. The van der Waals surface area contributed by atoms with E-state index in [0.29, 0.717) is 6.04 Å². The van der Waals surface area contributed by atoms with Gasteiger partial charge in [-0.05, 0) is 51.6 Å². The summed E-state index contributed by atoms with van der Waals surface area (Å²) in [6, 6.07) is 7.14. The lowest BCUT2D eigenvalue weighted by atomic mass is 10.1. The minimum atomic E-state index is 0.173. The predicted molar refractivity (Wildman–Crippen MR) is 83.1 cm³/mol. The highest BCUT2D eigenvalue weighted by atomic mass is 35.5. The lowest BCUT2D eigenvalue weighted by Crippen LogP contribution is -2.31. The maximum Gasteiger partial charge on any atom is 0.0642 e. The van der Waals surface area contributed by atoms with Crippen LogP contribution in [0.15, 0.2) is 18.2 Å². The van der Waals surface area contributed by atoms with Gasteiger partial charge in [0.2, 0.25) is 0 Å². The lowest BCUT2D eigenvalue weighted by molar-refractivity contribution is 0.315. The summed E-state index contributed by atoms with van der Waals surface area (Å²) in [6.07, 6.45) is 2.07. The van der Waals surface area contributed by atoms with Crippen LogP contribution in [0.25, 0.3) is 0 Å². The fraction of sp³-hybridized carbons (Fsp3) is 0.600. The number of nitrogens with zero attached hydrogens (tertiary/aromatic N) is 2. The number of anilines is 1. The normalized spacial score (nSPS) is 21.2. The molecule has 1 fully saturated rings. The number of likely N-dealkylation sites (N-methyl/N-ethyl adjacent to an activating group) is 1. The molecule has 2 N–H and O–H groups in total. The van der Waals surface area contributed by atoms with Crippen LogP contribution in [0, 0.1) is 0 Å². The van der Waals surface area contributed by atoms with Gasteiger partial charge in [-0.3, -0.25) is 0 Å². The third-order valence-electron chi connectivity index (χ3n) is 3.80. The molecule has 0 bridgehead atoms. The molecule has 1 aromatic carbocycles. The Kier molecular flexibility index (Phi) is 4.71. The third-order valence-corrected chi connectivity index (χ3v) is 4.11. The Balaban J connectivity index is 2.09. The van der Waals surface area contributed by atoms with E-state index in [1.807, 2.05) is 6.92 Å². The van der Waals surface area contributed by atoms with E-state index < -0.39 is 0 Å². The molecule has 1 heterocycles. The maximum atomic E-state index is 6.42. The first-order valence-corrected chi connectivity index (χ1v) is 7.30. The van der Waals surface area contributed by atoms with Crippen LogP contribution in [0.1, 0.15) is 18.9 Å². The van der Waals surface area contributed by atoms with Gasteiger partial charge >= 0.3 is 0 Å². The molecule has 3 nitrogen and oxygen atoms in total. The smallest absolute Gasteiger partial charge is 0.0642 e. The zero-order chi connectivity index (χ0) is 14.0. The van der Waals surface area contributed by atoms with Crippen molar-refractivity contribution in [3.8, 4) is 0 Å². The zero-order valence-corrected chi connectivity index (χ0v) is 12.8. The molecule has 1 aliphatic heterocycles. The zero-order valence-electron chi connectivity index (χ0n) is 12.1. The van der Waals surface area contributed by atoms with Crippen LogP contribution in [0.5, 0.6) is 0 Å². The average molecular weight is 282 g/mol. The van der Waals surface area contributed by atoms with Gasteiger partial charge in [-0.15, -0.1) is 0 Å². The van der Waals surface area contributed by atoms with Crippen molar-refractivity contribution in [2.24, 2.45) is 5.73 Å². The molecule has 0 spiro atoms. The third kappa shape index (κ3) is 3.62. The van der Waals surface area contributed by atoms with Crippen LogP contribution in [0.4, 0.5) is 5.69 Å². The Bertz CT molecular complexity index is 431. The molecule has 0 saturated carbocycles. The SMILES string of the molecule is CC(N)Cc1ccc(N2CCC(N(C)C)C2)c(Cl)c1. The summed E-state index contributed by atoms with van der Waals surface area (Å²) in [5.41, 5.74) is 8.19. The summed E-state index contributed by atoms with van der Waals surface area (Å²) in [5, 5.41) is 0.845. The van der Waals surface area contributed by atoms with Crippen LogP contribution in [-0.4, -0.2) is 44.2 Å². The van der Waals surface area contributed by atoms with E-state index in [9.17, 15) is 0 Å². The number of benzene rings is 1. The average Bonchev–Trinajstić information content (AvgIpc) is 2.77. The highest BCUT2D eigenvalue weighted by molar-refractivity contribution is 6.33. The summed E-state index contributed by atoms with van der Waals surface area (Å²) in [6.45, 7) is 4.15. The minimum absolute atomic E-state index is 0.173. The van der Waals surface area contributed by atoms with Crippen molar-refractivity contribution in [3.63, 3.8) is 0 Å². The van der Waals surface area contributed by atoms with Crippen molar-refractivity contribution >= 4 is 17.3 Å². The molecule has 2 atom stereocenters. The Morgan fingerprint density at radius 2 is 2.21 bits per heavy atom. The summed E-state index contributed by atoms with van der Waals surface area (Å²) in [4.78, 5) is 4.67. The topological polar surface area (TPSA) is 32.5 Å². The Hall–Kier alpha value is -0.770. The molecule has 2 rings (SSSR count). The van der Waals surface area contributed by atoms with E-state index in [-0.39, 0.29) is 6.04 Å². The standard InChI is InChI=1S/C15H24ClN3/c1-11(17)8-12-4-5-15(14(16)9-12)19-7-6-13(10-19)18(2)3/h4-5,9,11,13H,6-8,10,17H2,1-3H3. The predicted octanol–water partition coefficient (Wildman–Crippen LogP) is 2.37. The van der Waals surface area contributed by atoms with Gasteiger partial charge in [-0.2, -0.15) is 0 Å². The minimum Gasteiger partial charge on any atom is -0.369 e. The van der Waals surface area contributed by atoms with E-state index in [4.69, 9.17) is 17.3 Å². The largest absolute Gasteiger partial charge is 0.369 e. The molecular weight excluding hydrogens is 258 g/mol. The molecule has 4 heteroatoms. The van der Waals surface area contributed by atoms with Crippen LogP contribution >= 0.6 is 11.6 Å². The van der Waals surface area contributed by atoms with Crippen molar-refractivity contribution in [3.05, 3.63) is 28.8 Å². The molecule has 0 aliphatic carbocycles. The van der Waals surface area contributed by atoms with Crippen molar-refractivity contribution in [1.82, 2.24) is 4.90 Å². The maximum absolute atomic E-state index is 6.42. The molecule has 1 aromatic rings. The monoisotopic (exact) mass is 281 g/mol. The van der Waals surface area contributed by atoms with E-state index in [0.717, 1.165) is 30.2 Å². The van der Waals surface area contributed by atoms with Crippen LogP contribution < -0.4 is 10.6 Å². The van der Waals surface area contributed by atoms with Crippen LogP contribution in [-0.2, 0) is 6.42 Å². The molecule has 0 aromatic heterocycles. The highest BCUT2D eigenvalue weighted by Gasteiger charge is 2.25. The number of rotatable bonds is 4. The van der Waals surface area contributed by atoms with Gasteiger partial charge in [0.25, 0.3) is 0 Å². The fourth-order valence-electron chi connectivity index (χ4n) is 2.69. The van der Waals surface area contributed by atoms with Gasteiger partial charge in [0.15, 0.2) is 0 Å². The molecule has 1 aliphatic rings. The molecule has 106 valence electrons. The van der Waals surface area contributed by atoms with Gasteiger partial charge in [0.05, 0.1) is 10.7 Å². The van der Waals surface area contributed by atoms with E-state index in [1.54, 1.807) is 0 Å². The number of hydrogen-bond acceptors (Lipinski definition) is 3. The van der Waals surface area contributed by atoms with Crippen molar-refractivity contribution in [1.29, 1.82) is 0 Å². The second-order valence-corrected chi connectivity index (χ2v) is 6.23. The van der Waals surface area contributed by atoms with E-state index >= 15 is 0 Å². The number of halogens is 1. The van der Waals surface area contributed by atoms with Gasteiger partial charge < -0.3 is 15.5 Å². The van der Waals surface area contributed by atoms with Gasteiger partial charge in [0.1, 0.15) is 0 Å². The van der Waals surface area contributed by atoms with Gasteiger partial charge in [-0.1, -0.05) is 17.7 Å². The van der Waals surface area contributed by atoms with E-state index in [1.165, 1.54) is 12.0 Å². The molecule has 2 unspecified atom stereocenters. The first kappa shape index (κ1) is 14.6. The van der Waals surface area contributed by atoms with Gasteiger partial charge in [-0.25, -0.2) is 0 Å². The first-order valence-electron chi connectivity index (χ1n) is 6.92. The van der Waals surface area contributed by atoms with E-state index in [2.05, 4.69) is 42.1 Å². The quantitative estimate of drug-likeness (QED) is 0.920. The van der Waals surface area contributed by atoms with Crippen LogP contribution in [0.2, 0.25) is 5.02 Å². The lowest BCUT2D eigenvalue weighted by Gasteiger charge is -2.23.